The normalized spacial score (nSPS) is 17.3. The van der Waals surface area contributed by atoms with Gasteiger partial charge in [-0.25, -0.2) is 0 Å². The molecule has 1 fully saturated rings. The van der Waals surface area contributed by atoms with Gasteiger partial charge in [0.05, 0.1) is 0 Å². The summed E-state index contributed by atoms with van der Waals surface area (Å²) in [6, 6.07) is 13.7. The highest BCUT2D eigenvalue weighted by molar-refractivity contribution is 7.80. The molecule has 1 saturated heterocycles. The van der Waals surface area contributed by atoms with Gasteiger partial charge in [0.25, 0.3) is 11.8 Å². The Labute approximate surface area is 318 Å². The van der Waals surface area contributed by atoms with E-state index in [0.717, 1.165) is 43.6 Å². The molecule has 5 nitrogen and oxygen atoms in total. The second-order valence-electron chi connectivity index (χ2n) is 13.9. The fourth-order valence-corrected chi connectivity index (χ4v) is 10.5. The highest BCUT2D eigenvalue weighted by atomic mass is 32.1. The smallest absolute Gasteiger partial charge is 0.265 e. The average Bonchev–Trinajstić information content (AvgIpc) is 3.91. The molecule has 0 unspecified atom stereocenters. The molecule has 2 amide bonds. The number of benzene rings is 1. The van der Waals surface area contributed by atoms with Crippen LogP contribution in [0.3, 0.4) is 0 Å². The van der Waals surface area contributed by atoms with Crippen molar-refractivity contribution in [1.82, 2.24) is 9.80 Å². The molecule has 1 aromatic carbocycles. The third-order valence-electron chi connectivity index (χ3n) is 10.5. The molecule has 270 valence electrons. The number of hydrogen-bond acceptors (Lipinski definition) is 6. The topological polar surface area (TPSA) is 43.9 Å². The van der Waals surface area contributed by atoms with Crippen molar-refractivity contribution in [3.8, 4) is 0 Å². The second-order valence-corrected chi connectivity index (χ2v) is 16.5. The van der Waals surface area contributed by atoms with Crippen LogP contribution in [0.25, 0.3) is 29.4 Å². The lowest BCUT2D eigenvalue weighted by atomic mass is 10.1. The molecule has 3 heterocycles. The first-order chi connectivity index (χ1) is 24.9. The fraction of sp³-hybridized carbons (Fsp3) is 0.465. The number of fused-ring (bicyclic) bond motifs is 2. The van der Waals surface area contributed by atoms with Crippen LogP contribution in [0.4, 0.5) is 5.69 Å². The Morgan fingerprint density at radius 2 is 1.22 bits per heavy atom. The van der Waals surface area contributed by atoms with Crippen LogP contribution in [0, 0.1) is 0 Å². The van der Waals surface area contributed by atoms with E-state index in [2.05, 4.69) is 67.3 Å². The predicted octanol–water partition coefficient (Wildman–Crippen LogP) is 11.1. The number of thiophene rings is 2. The number of likely N-dealkylation sites (N-methyl/N-ethyl adjacent to an activating group) is 2. The third kappa shape index (κ3) is 8.34. The SMILES string of the molecule is CCCCCCN(CCCCCC)c1ccc(/C=C/c2cc3c(s2)/C(=C2/CCc4cc(C=C5C(=O)N(CC)C(=S)N(CC)C5=O)sc42)CC3)cc1. The first-order valence-electron chi connectivity index (χ1n) is 19.3. The number of aryl methyl sites for hydroxylation is 2. The van der Waals surface area contributed by atoms with E-state index in [1.54, 1.807) is 17.4 Å². The molecule has 0 saturated carbocycles. The van der Waals surface area contributed by atoms with Crippen molar-refractivity contribution in [2.75, 3.05) is 31.1 Å². The van der Waals surface area contributed by atoms with Gasteiger partial charge in [-0.15, -0.1) is 22.7 Å². The quantitative estimate of drug-likeness (QED) is 0.0635. The van der Waals surface area contributed by atoms with Gasteiger partial charge in [-0.05, 0) is 129 Å². The van der Waals surface area contributed by atoms with Gasteiger partial charge in [-0.2, -0.15) is 0 Å². The highest BCUT2D eigenvalue weighted by Gasteiger charge is 2.38. The van der Waals surface area contributed by atoms with Crippen molar-refractivity contribution in [3.63, 3.8) is 0 Å². The first kappa shape index (κ1) is 37.4. The number of carbonyl (C=O) groups is 2. The van der Waals surface area contributed by atoms with E-state index in [1.165, 1.54) is 109 Å². The molecular weight excluding hydrogens is 687 g/mol. The number of hydrogen-bond donors (Lipinski definition) is 0. The number of unbranched alkanes of at least 4 members (excludes halogenated alkanes) is 6. The number of carbonyl (C=O) groups excluding carboxylic acids is 2. The largest absolute Gasteiger partial charge is 0.372 e. The number of nitrogens with zero attached hydrogens (tertiary/aromatic N) is 3. The summed E-state index contributed by atoms with van der Waals surface area (Å²) in [7, 11) is 0. The van der Waals surface area contributed by atoms with Crippen molar-refractivity contribution < 1.29 is 9.59 Å². The zero-order valence-electron chi connectivity index (χ0n) is 30.9. The molecule has 1 aliphatic heterocycles. The van der Waals surface area contributed by atoms with Crippen LogP contribution in [0.5, 0.6) is 0 Å². The van der Waals surface area contributed by atoms with Gasteiger partial charge in [0.1, 0.15) is 5.57 Å². The maximum Gasteiger partial charge on any atom is 0.265 e. The molecule has 0 spiro atoms. The van der Waals surface area contributed by atoms with E-state index in [1.807, 2.05) is 25.2 Å². The van der Waals surface area contributed by atoms with E-state index in [-0.39, 0.29) is 17.4 Å². The minimum Gasteiger partial charge on any atom is -0.372 e. The highest BCUT2D eigenvalue weighted by Crippen LogP contribution is 2.49. The van der Waals surface area contributed by atoms with Gasteiger partial charge in [-0.3, -0.25) is 19.4 Å². The summed E-state index contributed by atoms with van der Waals surface area (Å²) in [6.45, 7) is 11.5. The van der Waals surface area contributed by atoms with Crippen LogP contribution in [0.1, 0.15) is 128 Å². The summed E-state index contributed by atoms with van der Waals surface area (Å²) in [5, 5.41) is 0.302. The molecule has 8 heteroatoms. The van der Waals surface area contributed by atoms with Crippen molar-refractivity contribution in [2.24, 2.45) is 0 Å². The van der Waals surface area contributed by atoms with Gasteiger partial charge in [0.15, 0.2) is 5.11 Å². The van der Waals surface area contributed by atoms with Crippen LogP contribution < -0.4 is 4.90 Å². The van der Waals surface area contributed by atoms with Crippen molar-refractivity contribution >= 4 is 86.9 Å². The van der Waals surface area contributed by atoms with Gasteiger partial charge < -0.3 is 4.90 Å². The summed E-state index contributed by atoms with van der Waals surface area (Å²) in [4.78, 5) is 37.2. The van der Waals surface area contributed by atoms with E-state index in [4.69, 9.17) is 12.2 Å². The maximum atomic E-state index is 13.2. The van der Waals surface area contributed by atoms with Gasteiger partial charge in [-0.1, -0.05) is 70.6 Å². The Morgan fingerprint density at radius 3 is 1.75 bits per heavy atom. The Kier molecular flexibility index (Phi) is 12.8. The number of amides is 2. The Morgan fingerprint density at radius 1 is 0.686 bits per heavy atom. The standard InChI is InChI=1S/C43H53N3O2S3/c1-5-9-11-13-25-44(26-14-12-10-6-2)33-20-15-30(16-21-33)17-22-34-27-31-18-23-36(39(31)50-34)37-24-19-32-28-35(51-40(32)37)29-38-41(47)45(7-3)43(49)46(8-4)42(38)48/h15-17,20-22,27-29H,5-14,18-19,23-26H2,1-4H3/b22-17+,37-36-. The molecule has 51 heavy (non-hydrogen) atoms. The first-order valence-corrected chi connectivity index (χ1v) is 21.3. The zero-order valence-corrected chi connectivity index (χ0v) is 33.3. The number of rotatable bonds is 16. The van der Waals surface area contributed by atoms with Crippen LogP contribution in [-0.2, 0) is 22.4 Å². The van der Waals surface area contributed by atoms with Crippen LogP contribution in [0.15, 0.2) is 42.0 Å². The Balaban J connectivity index is 1.16. The summed E-state index contributed by atoms with van der Waals surface area (Å²) in [5.74, 6) is -0.588. The van der Waals surface area contributed by atoms with Gasteiger partial charge in [0.2, 0.25) is 0 Å². The lowest BCUT2D eigenvalue weighted by molar-refractivity contribution is -0.133. The van der Waals surface area contributed by atoms with E-state index in [0.29, 0.717) is 18.2 Å². The molecule has 3 aromatic rings. The van der Waals surface area contributed by atoms with Gasteiger partial charge >= 0.3 is 0 Å². The lowest BCUT2D eigenvalue weighted by Gasteiger charge is -2.35. The molecule has 6 rings (SSSR count). The Bertz CT molecular complexity index is 1790. The molecule has 2 aromatic heterocycles. The van der Waals surface area contributed by atoms with Crippen molar-refractivity contribution in [2.45, 2.75) is 105 Å². The molecule has 0 atom stereocenters. The molecule has 2 aliphatic carbocycles. The summed E-state index contributed by atoms with van der Waals surface area (Å²) in [5.41, 5.74) is 8.52. The molecule has 0 N–H and O–H groups in total. The van der Waals surface area contributed by atoms with Crippen LogP contribution in [0.2, 0.25) is 0 Å². The molecule has 0 radical (unpaired) electrons. The third-order valence-corrected chi connectivity index (χ3v) is 13.3. The number of thiocarbonyl (C=S) groups is 1. The summed E-state index contributed by atoms with van der Waals surface area (Å²) in [6.07, 6.45) is 20.9. The minimum absolute atomic E-state index is 0.205. The van der Waals surface area contributed by atoms with Crippen molar-refractivity contribution in [3.05, 3.63) is 78.2 Å². The maximum absolute atomic E-state index is 13.2. The monoisotopic (exact) mass is 739 g/mol. The van der Waals surface area contributed by atoms with Crippen LogP contribution >= 0.6 is 34.9 Å². The lowest BCUT2D eigenvalue weighted by Crippen LogP contribution is -2.55. The van der Waals surface area contributed by atoms with Crippen molar-refractivity contribution in [1.29, 1.82) is 0 Å². The summed E-state index contributed by atoms with van der Waals surface area (Å²) >= 11 is 9.08. The average molecular weight is 740 g/mol. The summed E-state index contributed by atoms with van der Waals surface area (Å²) < 4.78 is 0. The predicted molar refractivity (Wildman–Crippen MR) is 223 cm³/mol. The van der Waals surface area contributed by atoms with Crippen LogP contribution in [-0.4, -0.2) is 52.9 Å². The Hall–Kier alpha value is -3.33. The second kappa shape index (κ2) is 17.5. The number of anilines is 1. The fourth-order valence-electron chi connectivity index (χ4n) is 7.59. The van der Waals surface area contributed by atoms with E-state index >= 15 is 0 Å². The molecule has 0 bridgehead atoms. The minimum atomic E-state index is -0.294. The van der Waals surface area contributed by atoms with Gasteiger partial charge in [0, 0.05) is 51.4 Å². The van der Waals surface area contributed by atoms with E-state index in [9.17, 15) is 9.59 Å². The van der Waals surface area contributed by atoms with E-state index < -0.39 is 0 Å². The molecular formula is C43H53N3O2S3. The molecule has 3 aliphatic rings. The number of allylic oxidation sites excluding steroid dienone is 2. The zero-order chi connectivity index (χ0) is 35.9.